The standard InChI is InChI=1S/C12H22N2/c1-11(2)4-3-7-14-8-5-12(10-13)6-9-14/h11-12H,3-9H2,1-2H3. The Hall–Kier alpha value is -0.550. The lowest BCUT2D eigenvalue weighted by Crippen LogP contribution is -2.34. The molecule has 0 saturated carbocycles. The first-order chi connectivity index (χ1) is 6.72. The van der Waals surface area contributed by atoms with Gasteiger partial charge in [-0.25, -0.2) is 0 Å². The van der Waals surface area contributed by atoms with Crippen molar-refractivity contribution in [3.63, 3.8) is 0 Å². The minimum atomic E-state index is 0.330. The molecule has 1 fully saturated rings. The molecule has 0 radical (unpaired) electrons. The molecule has 0 aromatic heterocycles. The zero-order chi connectivity index (χ0) is 10.4. The summed E-state index contributed by atoms with van der Waals surface area (Å²) in [6.45, 7) is 8.06. The highest BCUT2D eigenvalue weighted by Gasteiger charge is 2.17. The maximum atomic E-state index is 8.76. The van der Waals surface area contributed by atoms with Gasteiger partial charge in [0.2, 0.25) is 0 Å². The first-order valence-electron chi connectivity index (χ1n) is 5.84. The highest BCUT2D eigenvalue weighted by atomic mass is 15.1. The summed E-state index contributed by atoms with van der Waals surface area (Å²) in [7, 11) is 0. The number of hydrogen-bond acceptors (Lipinski definition) is 2. The van der Waals surface area contributed by atoms with Crippen LogP contribution in [0.15, 0.2) is 0 Å². The van der Waals surface area contributed by atoms with Crippen molar-refractivity contribution in [1.82, 2.24) is 4.90 Å². The van der Waals surface area contributed by atoms with Crippen LogP contribution in [0.5, 0.6) is 0 Å². The predicted molar refractivity (Wildman–Crippen MR) is 58.8 cm³/mol. The fourth-order valence-electron chi connectivity index (χ4n) is 2.01. The molecule has 0 aromatic carbocycles. The van der Waals surface area contributed by atoms with Gasteiger partial charge in [-0.15, -0.1) is 0 Å². The predicted octanol–water partition coefficient (Wildman–Crippen LogP) is 2.66. The quantitative estimate of drug-likeness (QED) is 0.688. The Bertz CT molecular complexity index is 185. The third-order valence-electron chi connectivity index (χ3n) is 3.03. The van der Waals surface area contributed by atoms with Gasteiger partial charge in [0.25, 0.3) is 0 Å². The van der Waals surface area contributed by atoms with E-state index in [-0.39, 0.29) is 0 Å². The fourth-order valence-corrected chi connectivity index (χ4v) is 2.01. The van der Waals surface area contributed by atoms with Gasteiger partial charge >= 0.3 is 0 Å². The summed E-state index contributed by atoms with van der Waals surface area (Å²) in [5.41, 5.74) is 0. The van der Waals surface area contributed by atoms with Gasteiger partial charge in [-0.1, -0.05) is 13.8 Å². The minimum Gasteiger partial charge on any atom is -0.303 e. The van der Waals surface area contributed by atoms with E-state index in [1.165, 1.54) is 19.4 Å². The van der Waals surface area contributed by atoms with Crippen molar-refractivity contribution in [1.29, 1.82) is 5.26 Å². The summed E-state index contributed by atoms with van der Waals surface area (Å²) in [5.74, 6) is 1.16. The second-order valence-electron chi connectivity index (χ2n) is 4.78. The number of rotatable bonds is 4. The number of hydrogen-bond donors (Lipinski definition) is 0. The summed E-state index contributed by atoms with van der Waals surface area (Å²) in [6.07, 6.45) is 4.81. The van der Waals surface area contributed by atoms with E-state index < -0.39 is 0 Å². The van der Waals surface area contributed by atoms with Crippen LogP contribution < -0.4 is 0 Å². The molecule has 1 heterocycles. The van der Waals surface area contributed by atoms with Gasteiger partial charge in [-0.2, -0.15) is 5.26 Å². The minimum absolute atomic E-state index is 0.330. The maximum absolute atomic E-state index is 8.76. The Morgan fingerprint density at radius 2 is 2.00 bits per heavy atom. The molecule has 80 valence electrons. The largest absolute Gasteiger partial charge is 0.303 e. The molecule has 1 saturated heterocycles. The summed E-state index contributed by atoms with van der Waals surface area (Å²) < 4.78 is 0. The molecular weight excluding hydrogens is 172 g/mol. The molecule has 0 aliphatic carbocycles. The topological polar surface area (TPSA) is 27.0 Å². The van der Waals surface area contributed by atoms with Gasteiger partial charge in [0.1, 0.15) is 0 Å². The van der Waals surface area contributed by atoms with Crippen LogP contribution in [0.3, 0.4) is 0 Å². The molecule has 0 unspecified atom stereocenters. The molecule has 1 aliphatic rings. The Labute approximate surface area is 87.9 Å². The number of nitrogens with zero attached hydrogens (tertiary/aromatic N) is 2. The zero-order valence-corrected chi connectivity index (χ0v) is 9.50. The van der Waals surface area contributed by atoms with Crippen LogP contribution in [0, 0.1) is 23.2 Å². The van der Waals surface area contributed by atoms with E-state index in [0.29, 0.717) is 5.92 Å². The first kappa shape index (κ1) is 11.5. The summed E-state index contributed by atoms with van der Waals surface area (Å²) in [6, 6.07) is 2.37. The van der Waals surface area contributed by atoms with Crippen molar-refractivity contribution in [3.8, 4) is 6.07 Å². The van der Waals surface area contributed by atoms with E-state index in [0.717, 1.165) is 31.8 Å². The van der Waals surface area contributed by atoms with E-state index in [1.807, 2.05) is 0 Å². The molecule has 0 spiro atoms. The van der Waals surface area contributed by atoms with Crippen molar-refractivity contribution in [3.05, 3.63) is 0 Å². The second-order valence-corrected chi connectivity index (χ2v) is 4.78. The third kappa shape index (κ3) is 4.11. The molecule has 0 aromatic rings. The third-order valence-corrected chi connectivity index (χ3v) is 3.03. The summed E-state index contributed by atoms with van der Waals surface area (Å²) in [5, 5.41) is 8.76. The number of piperidine rings is 1. The first-order valence-corrected chi connectivity index (χ1v) is 5.84. The van der Waals surface area contributed by atoms with Gasteiger partial charge in [-0.05, 0) is 51.2 Å². The van der Waals surface area contributed by atoms with Gasteiger partial charge in [-0.3, -0.25) is 0 Å². The Morgan fingerprint density at radius 1 is 1.36 bits per heavy atom. The Morgan fingerprint density at radius 3 is 2.50 bits per heavy atom. The lowest BCUT2D eigenvalue weighted by Gasteiger charge is -2.29. The molecule has 1 aliphatic heterocycles. The fraction of sp³-hybridized carbons (Fsp3) is 0.917. The van der Waals surface area contributed by atoms with Gasteiger partial charge in [0, 0.05) is 5.92 Å². The molecule has 0 bridgehead atoms. The van der Waals surface area contributed by atoms with Crippen molar-refractivity contribution in [2.75, 3.05) is 19.6 Å². The average Bonchev–Trinajstić information content (AvgIpc) is 2.18. The lowest BCUT2D eigenvalue weighted by atomic mass is 9.98. The summed E-state index contributed by atoms with van der Waals surface area (Å²) in [4.78, 5) is 2.51. The van der Waals surface area contributed by atoms with Crippen molar-refractivity contribution >= 4 is 0 Å². The molecule has 0 N–H and O–H groups in total. The van der Waals surface area contributed by atoms with Crippen LogP contribution >= 0.6 is 0 Å². The van der Waals surface area contributed by atoms with Crippen LogP contribution in [0.4, 0.5) is 0 Å². The van der Waals surface area contributed by atoms with E-state index in [2.05, 4.69) is 24.8 Å². The van der Waals surface area contributed by atoms with Crippen LogP contribution in [0.2, 0.25) is 0 Å². The van der Waals surface area contributed by atoms with E-state index in [4.69, 9.17) is 5.26 Å². The van der Waals surface area contributed by atoms with Crippen LogP contribution in [0.25, 0.3) is 0 Å². The molecule has 0 atom stereocenters. The van der Waals surface area contributed by atoms with Crippen LogP contribution in [-0.4, -0.2) is 24.5 Å². The number of nitriles is 1. The molecule has 2 nitrogen and oxygen atoms in total. The molecule has 0 amide bonds. The second kappa shape index (κ2) is 6.03. The lowest BCUT2D eigenvalue weighted by molar-refractivity contribution is 0.200. The number of likely N-dealkylation sites (tertiary alicyclic amines) is 1. The summed E-state index contributed by atoms with van der Waals surface area (Å²) >= 11 is 0. The van der Waals surface area contributed by atoms with Crippen LogP contribution in [-0.2, 0) is 0 Å². The van der Waals surface area contributed by atoms with Gasteiger partial charge < -0.3 is 4.90 Å². The average molecular weight is 194 g/mol. The van der Waals surface area contributed by atoms with E-state index in [9.17, 15) is 0 Å². The van der Waals surface area contributed by atoms with E-state index in [1.54, 1.807) is 0 Å². The highest BCUT2D eigenvalue weighted by Crippen LogP contribution is 2.16. The zero-order valence-electron chi connectivity index (χ0n) is 9.50. The van der Waals surface area contributed by atoms with E-state index >= 15 is 0 Å². The molecule has 2 heteroatoms. The Balaban J connectivity index is 2.08. The molecule has 14 heavy (non-hydrogen) atoms. The maximum Gasteiger partial charge on any atom is 0.0656 e. The monoisotopic (exact) mass is 194 g/mol. The van der Waals surface area contributed by atoms with Gasteiger partial charge in [0.15, 0.2) is 0 Å². The smallest absolute Gasteiger partial charge is 0.0656 e. The Kier molecular flexibility index (Phi) is 4.97. The normalized spacial score (nSPS) is 19.9. The van der Waals surface area contributed by atoms with Gasteiger partial charge in [0.05, 0.1) is 6.07 Å². The highest BCUT2D eigenvalue weighted by molar-refractivity contribution is 4.87. The van der Waals surface area contributed by atoms with Crippen molar-refractivity contribution < 1.29 is 0 Å². The van der Waals surface area contributed by atoms with Crippen molar-refractivity contribution in [2.45, 2.75) is 39.5 Å². The molecular formula is C12H22N2. The van der Waals surface area contributed by atoms with Crippen LogP contribution in [0.1, 0.15) is 39.5 Å². The van der Waals surface area contributed by atoms with Crippen molar-refractivity contribution in [2.24, 2.45) is 11.8 Å². The SMILES string of the molecule is CC(C)CCCN1CCC(C#N)CC1. The molecule has 1 rings (SSSR count).